The van der Waals surface area contributed by atoms with Crippen LogP contribution in [0.2, 0.25) is 5.02 Å². The summed E-state index contributed by atoms with van der Waals surface area (Å²) in [6, 6.07) is 21.6. The molecule has 1 saturated heterocycles. The Morgan fingerprint density at radius 2 is 1.66 bits per heavy atom. The second-order valence-corrected chi connectivity index (χ2v) is 7.60. The third kappa shape index (κ3) is 4.92. The van der Waals surface area contributed by atoms with Crippen molar-refractivity contribution in [2.24, 2.45) is 0 Å². The van der Waals surface area contributed by atoms with Gasteiger partial charge in [0.05, 0.1) is 5.69 Å². The number of hydrazine groups is 1. The Bertz CT molecular complexity index is 1160. The topological polar surface area (TPSA) is 67.9 Å². The molecular weight excluding hydrogens is 428 g/mol. The maximum absolute atomic E-state index is 12.9. The van der Waals surface area contributed by atoms with E-state index in [0.29, 0.717) is 34.4 Å². The molecule has 162 valence electrons. The summed E-state index contributed by atoms with van der Waals surface area (Å²) < 4.78 is 11.5. The van der Waals surface area contributed by atoms with Crippen molar-refractivity contribution in [2.45, 2.75) is 6.92 Å². The molecule has 3 aromatic rings. The predicted molar refractivity (Wildman–Crippen MR) is 124 cm³/mol. The first-order valence-electron chi connectivity index (χ1n) is 10.1. The molecule has 0 radical (unpaired) electrons. The molecule has 1 aliphatic heterocycles. The van der Waals surface area contributed by atoms with E-state index in [1.807, 2.05) is 31.2 Å². The van der Waals surface area contributed by atoms with Gasteiger partial charge in [-0.1, -0.05) is 41.4 Å². The van der Waals surface area contributed by atoms with Crippen LogP contribution in [-0.2, 0) is 9.59 Å². The highest BCUT2D eigenvalue weighted by Crippen LogP contribution is 2.26. The van der Waals surface area contributed by atoms with E-state index in [1.165, 1.54) is 5.01 Å². The fraction of sp³-hybridized carbons (Fsp3) is 0.120. The quantitative estimate of drug-likeness (QED) is 0.326. The summed E-state index contributed by atoms with van der Waals surface area (Å²) in [5.74, 6) is 0.372. The lowest BCUT2D eigenvalue weighted by Gasteiger charge is -2.14. The molecule has 0 atom stereocenters. The van der Waals surface area contributed by atoms with Crippen LogP contribution in [0, 0.1) is 6.92 Å². The van der Waals surface area contributed by atoms with Crippen LogP contribution in [0.5, 0.6) is 11.5 Å². The first-order valence-corrected chi connectivity index (χ1v) is 10.4. The normalized spacial score (nSPS) is 14.6. The van der Waals surface area contributed by atoms with Crippen LogP contribution in [0.25, 0.3) is 6.08 Å². The number of para-hydroxylation sites is 1. The molecule has 0 saturated carbocycles. The molecule has 0 spiro atoms. The zero-order valence-corrected chi connectivity index (χ0v) is 18.1. The number of carbonyl (C=O) groups is 2. The molecule has 32 heavy (non-hydrogen) atoms. The highest BCUT2D eigenvalue weighted by molar-refractivity contribution is 6.31. The van der Waals surface area contributed by atoms with Gasteiger partial charge >= 0.3 is 0 Å². The molecule has 1 fully saturated rings. The van der Waals surface area contributed by atoms with Crippen molar-refractivity contribution in [1.29, 1.82) is 0 Å². The lowest BCUT2D eigenvalue weighted by atomic mass is 10.1. The standard InChI is InChI=1S/C25H21ClN2O4/c1-17-7-12-23(32-14-13-31-21-10-8-19(26)9-11-21)18(15-17)16-22-24(29)27-28(25(22)30)20-5-3-2-4-6-20/h2-12,15-16H,13-14H2,1H3,(H,27,29)/b22-16+. The van der Waals surface area contributed by atoms with E-state index in [-0.39, 0.29) is 12.2 Å². The molecule has 4 rings (SSSR count). The first-order chi connectivity index (χ1) is 15.5. The molecule has 1 N–H and O–H groups in total. The molecule has 1 heterocycles. The summed E-state index contributed by atoms with van der Waals surface area (Å²) in [5.41, 5.74) is 4.86. The minimum absolute atomic E-state index is 0.0433. The lowest BCUT2D eigenvalue weighted by Crippen LogP contribution is -2.35. The van der Waals surface area contributed by atoms with Gasteiger partial charge in [-0.25, -0.2) is 5.01 Å². The van der Waals surface area contributed by atoms with Crippen LogP contribution in [0.4, 0.5) is 5.69 Å². The zero-order chi connectivity index (χ0) is 22.5. The average Bonchev–Trinajstić information content (AvgIpc) is 3.08. The molecule has 0 bridgehead atoms. The van der Waals surface area contributed by atoms with Crippen LogP contribution >= 0.6 is 11.6 Å². The minimum Gasteiger partial charge on any atom is -0.490 e. The van der Waals surface area contributed by atoms with Gasteiger partial charge in [0.25, 0.3) is 11.8 Å². The molecule has 0 unspecified atom stereocenters. The fourth-order valence-electron chi connectivity index (χ4n) is 3.23. The third-order valence-electron chi connectivity index (χ3n) is 4.79. The monoisotopic (exact) mass is 448 g/mol. The van der Waals surface area contributed by atoms with Crippen LogP contribution in [0.3, 0.4) is 0 Å². The number of amides is 2. The number of hydrogen-bond acceptors (Lipinski definition) is 4. The second kappa shape index (κ2) is 9.58. The van der Waals surface area contributed by atoms with Crippen molar-refractivity contribution >= 4 is 35.2 Å². The van der Waals surface area contributed by atoms with E-state index in [1.54, 1.807) is 54.6 Å². The largest absolute Gasteiger partial charge is 0.490 e. The lowest BCUT2D eigenvalue weighted by molar-refractivity contribution is -0.117. The highest BCUT2D eigenvalue weighted by Gasteiger charge is 2.34. The van der Waals surface area contributed by atoms with Crippen molar-refractivity contribution < 1.29 is 19.1 Å². The van der Waals surface area contributed by atoms with Crippen LogP contribution < -0.4 is 19.9 Å². The van der Waals surface area contributed by atoms with Crippen LogP contribution in [0.15, 0.2) is 78.4 Å². The summed E-state index contributed by atoms with van der Waals surface area (Å²) in [4.78, 5) is 25.4. The van der Waals surface area contributed by atoms with Crippen molar-refractivity contribution in [3.8, 4) is 11.5 Å². The Labute approximate surface area is 191 Å². The number of hydrogen-bond donors (Lipinski definition) is 1. The molecule has 3 aromatic carbocycles. The Balaban J connectivity index is 1.48. The molecule has 1 aliphatic rings. The Morgan fingerprint density at radius 1 is 0.938 bits per heavy atom. The molecule has 6 nitrogen and oxygen atoms in total. The number of nitrogens with zero attached hydrogens (tertiary/aromatic N) is 1. The van der Waals surface area contributed by atoms with E-state index >= 15 is 0 Å². The number of nitrogens with one attached hydrogen (secondary N) is 1. The van der Waals surface area contributed by atoms with Crippen LogP contribution in [-0.4, -0.2) is 25.0 Å². The summed E-state index contributed by atoms with van der Waals surface area (Å²) in [6.45, 7) is 2.55. The van der Waals surface area contributed by atoms with E-state index < -0.39 is 11.8 Å². The zero-order valence-electron chi connectivity index (χ0n) is 17.4. The number of rotatable bonds is 7. The van der Waals surface area contributed by atoms with Crippen molar-refractivity contribution in [2.75, 3.05) is 18.2 Å². The van der Waals surface area contributed by atoms with Gasteiger partial charge in [0.2, 0.25) is 0 Å². The Kier molecular flexibility index (Phi) is 6.42. The number of aryl methyl sites for hydroxylation is 1. The number of ether oxygens (including phenoxy) is 2. The van der Waals surface area contributed by atoms with Gasteiger partial charge in [-0.3, -0.25) is 15.0 Å². The van der Waals surface area contributed by atoms with Gasteiger partial charge in [-0.05, 0) is 61.5 Å². The Morgan fingerprint density at radius 3 is 2.41 bits per heavy atom. The highest BCUT2D eigenvalue weighted by atomic mass is 35.5. The number of carbonyl (C=O) groups excluding carboxylic acids is 2. The predicted octanol–water partition coefficient (Wildman–Crippen LogP) is 4.57. The van der Waals surface area contributed by atoms with Crippen molar-refractivity contribution in [3.63, 3.8) is 0 Å². The molecule has 0 aromatic heterocycles. The van der Waals surface area contributed by atoms with Crippen LogP contribution in [0.1, 0.15) is 11.1 Å². The maximum Gasteiger partial charge on any atom is 0.282 e. The third-order valence-corrected chi connectivity index (χ3v) is 5.05. The summed E-state index contributed by atoms with van der Waals surface area (Å²) in [6.07, 6.45) is 1.56. The molecular formula is C25H21ClN2O4. The van der Waals surface area contributed by atoms with E-state index in [9.17, 15) is 9.59 Å². The van der Waals surface area contributed by atoms with Gasteiger partial charge in [0, 0.05) is 10.6 Å². The SMILES string of the molecule is Cc1ccc(OCCOc2ccc(Cl)cc2)c(/C=C2\C(=O)NN(c3ccccc3)C2=O)c1. The number of benzene rings is 3. The first kappa shape index (κ1) is 21.5. The van der Waals surface area contributed by atoms with Gasteiger partial charge in [-0.15, -0.1) is 0 Å². The number of halogens is 1. The summed E-state index contributed by atoms with van der Waals surface area (Å²) in [5, 5.41) is 1.88. The minimum atomic E-state index is -0.461. The fourth-order valence-corrected chi connectivity index (χ4v) is 3.35. The smallest absolute Gasteiger partial charge is 0.282 e. The maximum atomic E-state index is 12.9. The van der Waals surface area contributed by atoms with E-state index in [2.05, 4.69) is 5.43 Å². The molecule has 2 amide bonds. The van der Waals surface area contributed by atoms with Crippen molar-refractivity contribution in [3.05, 3.63) is 94.5 Å². The summed E-state index contributed by atoms with van der Waals surface area (Å²) >= 11 is 5.88. The van der Waals surface area contributed by atoms with Crippen molar-refractivity contribution in [1.82, 2.24) is 5.43 Å². The summed E-state index contributed by atoms with van der Waals surface area (Å²) in [7, 11) is 0. The Hall–Kier alpha value is -3.77. The van der Waals surface area contributed by atoms with E-state index in [0.717, 1.165) is 5.56 Å². The second-order valence-electron chi connectivity index (χ2n) is 7.17. The van der Waals surface area contributed by atoms with Gasteiger partial charge in [0.1, 0.15) is 30.3 Å². The van der Waals surface area contributed by atoms with Gasteiger partial charge < -0.3 is 9.47 Å². The van der Waals surface area contributed by atoms with E-state index in [4.69, 9.17) is 21.1 Å². The van der Waals surface area contributed by atoms with Gasteiger partial charge in [0.15, 0.2) is 0 Å². The van der Waals surface area contributed by atoms with Gasteiger partial charge in [-0.2, -0.15) is 0 Å². The molecule has 7 heteroatoms. The average molecular weight is 449 g/mol. The molecule has 0 aliphatic carbocycles. The number of anilines is 1.